The molecule has 2 fully saturated rings. The molecule has 0 unspecified atom stereocenters. The predicted molar refractivity (Wildman–Crippen MR) is 125 cm³/mol. The van der Waals surface area contributed by atoms with E-state index in [2.05, 4.69) is 26.6 Å². The van der Waals surface area contributed by atoms with E-state index in [-0.39, 0.29) is 11.2 Å². The number of nitrogens with one attached hydrogen (secondary N) is 2. The predicted octanol–water partition coefficient (Wildman–Crippen LogP) is 2.93. The molecule has 7 heteroatoms. The molecule has 172 valence electrons. The van der Waals surface area contributed by atoms with Gasteiger partial charge in [-0.05, 0) is 36.6 Å². The molecular weight excluding hydrogens is 407 g/mol. The Hall–Kier alpha value is -2.64. The Morgan fingerprint density at radius 3 is 2.69 bits per heavy atom. The molecule has 4 rings (SSSR count). The van der Waals surface area contributed by atoms with Crippen LogP contribution in [0.15, 0.2) is 53.5 Å². The number of aliphatic imine (C=N–C) groups is 1. The number of ether oxygens (including phenoxy) is 2. The van der Waals surface area contributed by atoms with Gasteiger partial charge in [0.15, 0.2) is 5.96 Å². The van der Waals surface area contributed by atoms with Gasteiger partial charge in [-0.2, -0.15) is 0 Å². The van der Waals surface area contributed by atoms with E-state index in [1.807, 2.05) is 24.3 Å². The molecule has 0 radical (unpaired) electrons. The summed E-state index contributed by atoms with van der Waals surface area (Å²) in [6.45, 7) is 6.42. The fourth-order valence-corrected chi connectivity index (χ4v) is 4.09. The van der Waals surface area contributed by atoms with Gasteiger partial charge in [-0.15, -0.1) is 0 Å². The van der Waals surface area contributed by atoms with Crippen molar-refractivity contribution in [3.63, 3.8) is 0 Å². The maximum atomic E-state index is 13.7. The molecule has 0 aromatic heterocycles. The number of para-hydroxylation sites is 1. The third-order valence-electron chi connectivity index (χ3n) is 6.30. The molecule has 32 heavy (non-hydrogen) atoms. The van der Waals surface area contributed by atoms with E-state index in [1.165, 1.54) is 6.07 Å². The van der Waals surface area contributed by atoms with Gasteiger partial charge in [0, 0.05) is 50.7 Å². The van der Waals surface area contributed by atoms with Gasteiger partial charge >= 0.3 is 0 Å². The number of hydrogen-bond acceptors (Lipinski definition) is 4. The van der Waals surface area contributed by atoms with Crippen LogP contribution < -0.4 is 15.4 Å². The highest BCUT2D eigenvalue weighted by atomic mass is 19.1. The molecule has 1 saturated carbocycles. The van der Waals surface area contributed by atoms with Crippen molar-refractivity contribution in [3.8, 4) is 5.75 Å². The van der Waals surface area contributed by atoms with Crippen molar-refractivity contribution < 1.29 is 13.9 Å². The molecule has 1 aliphatic heterocycles. The number of morpholine rings is 1. The minimum Gasteiger partial charge on any atom is -0.492 e. The highest BCUT2D eigenvalue weighted by Gasteiger charge is 2.44. The first kappa shape index (κ1) is 22.6. The van der Waals surface area contributed by atoms with Crippen LogP contribution >= 0.6 is 0 Å². The molecule has 6 nitrogen and oxygen atoms in total. The van der Waals surface area contributed by atoms with E-state index in [9.17, 15) is 4.39 Å². The Kier molecular flexibility index (Phi) is 7.60. The van der Waals surface area contributed by atoms with Crippen molar-refractivity contribution >= 4 is 5.96 Å². The molecule has 2 N–H and O–H groups in total. The zero-order valence-electron chi connectivity index (χ0n) is 18.8. The van der Waals surface area contributed by atoms with Crippen molar-refractivity contribution in [1.29, 1.82) is 0 Å². The second kappa shape index (κ2) is 10.8. The topological polar surface area (TPSA) is 58.1 Å². The number of benzene rings is 2. The van der Waals surface area contributed by atoms with Crippen LogP contribution in [-0.2, 0) is 16.7 Å². The monoisotopic (exact) mass is 440 g/mol. The molecule has 2 aliphatic rings. The Labute approximate surface area is 189 Å². The average molecular weight is 441 g/mol. The minimum atomic E-state index is -0.179. The molecule has 1 heterocycles. The normalized spacial score (nSPS) is 18.2. The van der Waals surface area contributed by atoms with Gasteiger partial charge in [-0.3, -0.25) is 9.89 Å². The average Bonchev–Trinajstić information content (AvgIpc) is 3.62. The second-order valence-corrected chi connectivity index (χ2v) is 8.48. The number of guanidine groups is 1. The Bertz CT molecular complexity index is 910. The first-order chi connectivity index (χ1) is 15.7. The van der Waals surface area contributed by atoms with E-state index < -0.39 is 0 Å². The van der Waals surface area contributed by atoms with Crippen molar-refractivity contribution in [1.82, 2.24) is 15.5 Å². The molecule has 2 aromatic carbocycles. The summed E-state index contributed by atoms with van der Waals surface area (Å²) in [7, 11) is 1.77. The van der Waals surface area contributed by atoms with Crippen LogP contribution in [0.5, 0.6) is 5.75 Å². The smallest absolute Gasteiger partial charge is 0.191 e. The zero-order chi connectivity index (χ0) is 22.2. The molecule has 0 bridgehead atoms. The molecule has 1 aliphatic carbocycles. The van der Waals surface area contributed by atoms with Crippen molar-refractivity contribution in [2.45, 2.75) is 24.8 Å². The van der Waals surface area contributed by atoms with Gasteiger partial charge in [0.1, 0.15) is 18.2 Å². The standard InChI is InChI=1S/C25H33FN4O2/c1-27-24(29-19-25(9-10-25)21-6-4-7-22(26)17-21)28-18-20-5-2-3-8-23(20)32-16-13-30-11-14-31-15-12-30/h2-8,17H,9-16,18-19H2,1H3,(H2,27,28,29). The Balaban J connectivity index is 1.27. The summed E-state index contributed by atoms with van der Waals surface area (Å²) in [4.78, 5) is 6.72. The van der Waals surface area contributed by atoms with Crippen LogP contribution in [0.4, 0.5) is 4.39 Å². The van der Waals surface area contributed by atoms with Crippen molar-refractivity contribution in [2.75, 3.05) is 53.0 Å². The molecule has 0 spiro atoms. The highest BCUT2D eigenvalue weighted by Crippen LogP contribution is 2.47. The number of halogens is 1. The summed E-state index contributed by atoms with van der Waals surface area (Å²) in [5.74, 6) is 1.44. The van der Waals surface area contributed by atoms with Crippen LogP contribution in [0, 0.1) is 5.82 Å². The van der Waals surface area contributed by atoms with E-state index in [1.54, 1.807) is 19.2 Å². The lowest BCUT2D eigenvalue weighted by Gasteiger charge is -2.26. The lowest BCUT2D eigenvalue weighted by atomic mass is 9.96. The molecule has 2 aromatic rings. The van der Waals surface area contributed by atoms with Gasteiger partial charge in [-0.1, -0.05) is 30.3 Å². The van der Waals surface area contributed by atoms with Crippen LogP contribution in [0.25, 0.3) is 0 Å². The van der Waals surface area contributed by atoms with E-state index >= 15 is 0 Å². The Morgan fingerprint density at radius 1 is 1.12 bits per heavy atom. The fourth-order valence-electron chi connectivity index (χ4n) is 4.09. The fraction of sp³-hybridized carbons (Fsp3) is 0.480. The second-order valence-electron chi connectivity index (χ2n) is 8.48. The maximum Gasteiger partial charge on any atom is 0.191 e. The van der Waals surface area contributed by atoms with Crippen LogP contribution in [0.1, 0.15) is 24.0 Å². The quantitative estimate of drug-likeness (QED) is 0.464. The van der Waals surface area contributed by atoms with Crippen LogP contribution in [-0.4, -0.2) is 63.9 Å². The SMILES string of the molecule is CN=C(NCc1ccccc1OCCN1CCOCC1)NCC1(c2cccc(F)c2)CC1. The first-order valence-electron chi connectivity index (χ1n) is 11.4. The summed E-state index contributed by atoms with van der Waals surface area (Å²) in [6, 6.07) is 15.0. The van der Waals surface area contributed by atoms with E-state index in [0.717, 1.165) is 75.1 Å². The van der Waals surface area contributed by atoms with E-state index in [0.29, 0.717) is 13.2 Å². The van der Waals surface area contributed by atoms with Gasteiger partial charge in [0.05, 0.1) is 13.2 Å². The third kappa shape index (κ3) is 5.99. The maximum absolute atomic E-state index is 13.7. The lowest BCUT2D eigenvalue weighted by Crippen LogP contribution is -2.41. The number of nitrogens with zero attached hydrogens (tertiary/aromatic N) is 2. The van der Waals surface area contributed by atoms with Gasteiger partial charge in [-0.25, -0.2) is 4.39 Å². The van der Waals surface area contributed by atoms with Gasteiger partial charge in [0.2, 0.25) is 0 Å². The molecular formula is C25H33FN4O2. The van der Waals surface area contributed by atoms with Gasteiger partial charge in [0.25, 0.3) is 0 Å². The summed E-state index contributed by atoms with van der Waals surface area (Å²) < 4.78 is 25.1. The lowest BCUT2D eigenvalue weighted by molar-refractivity contribution is 0.0322. The van der Waals surface area contributed by atoms with Crippen molar-refractivity contribution in [3.05, 3.63) is 65.5 Å². The van der Waals surface area contributed by atoms with E-state index in [4.69, 9.17) is 9.47 Å². The zero-order valence-corrected chi connectivity index (χ0v) is 18.8. The molecule has 1 saturated heterocycles. The van der Waals surface area contributed by atoms with Gasteiger partial charge < -0.3 is 20.1 Å². The largest absolute Gasteiger partial charge is 0.492 e. The summed E-state index contributed by atoms with van der Waals surface area (Å²) in [6.07, 6.45) is 2.11. The molecule has 0 atom stereocenters. The summed E-state index contributed by atoms with van der Waals surface area (Å²) in [5, 5.41) is 6.81. The highest BCUT2D eigenvalue weighted by molar-refractivity contribution is 5.79. The number of rotatable bonds is 9. The first-order valence-corrected chi connectivity index (χ1v) is 11.4. The Morgan fingerprint density at radius 2 is 1.94 bits per heavy atom. The van der Waals surface area contributed by atoms with Crippen LogP contribution in [0.2, 0.25) is 0 Å². The minimum absolute atomic E-state index is 0.000229. The summed E-state index contributed by atoms with van der Waals surface area (Å²) in [5.41, 5.74) is 2.14. The van der Waals surface area contributed by atoms with Crippen LogP contribution in [0.3, 0.4) is 0 Å². The number of hydrogen-bond donors (Lipinski definition) is 2. The third-order valence-corrected chi connectivity index (χ3v) is 6.30. The molecule has 0 amide bonds. The summed E-state index contributed by atoms with van der Waals surface area (Å²) >= 11 is 0. The van der Waals surface area contributed by atoms with Crippen molar-refractivity contribution in [2.24, 2.45) is 4.99 Å².